The molecule has 0 atom stereocenters. The molecule has 1 aromatic heterocycles. The van der Waals surface area contributed by atoms with Gasteiger partial charge in [-0.1, -0.05) is 50.9 Å². The third-order valence-corrected chi connectivity index (χ3v) is 3.63. The van der Waals surface area contributed by atoms with Gasteiger partial charge in [-0.15, -0.1) is 0 Å². The van der Waals surface area contributed by atoms with E-state index in [9.17, 15) is 0 Å². The van der Waals surface area contributed by atoms with Crippen LogP contribution in [-0.2, 0) is 6.42 Å². The molecule has 112 valence electrons. The van der Waals surface area contributed by atoms with Gasteiger partial charge in [-0.05, 0) is 36.5 Å². The van der Waals surface area contributed by atoms with E-state index in [2.05, 4.69) is 29.0 Å². The van der Waals surface area contributed by atoms with Crippen molar-refractivity contribution in [2.24, 2.45) is 0 Å². The van der Waals surface area contributed by atoms with E-state index in [1.165, 1.54) is 24.7 Å². The highest BCUT2D eigenvalue weighted by molar-refractivity contribution is 6.30. The fraction of sp³-hybridized carbons (Fsp3) is 0.412. The predicted molar refractivity (Wildman–Crippen MR) is 86.3 cm³/mol. The molecule has 0 fully saturated rings. The first-order valence-corrected chi connectivity index (χ1v) is 7.76. The van der Waals surface area contributed by atoms with Crippen LogP contribution in [-0.4, -0.2) is 9.97 Å². The van der Waals surface area contributed by atoms with Crippen molar-refractivity contribution in [2.45, 2.75) is 46.0 Å². The second-order valence-electron chi connectivity index (χ2n) is 5.39. The maximum Gasteiger partial charge on any atom is 0.227 e. The predicted octanol–water partition coefficient (Wildman–Crippen LogP) is 5.39. The molecule has 0 aliphatic heterocycles. The molecule has 1 aromatic carbocycles. The summed E-state index contributed by atoms with van der Waals surface area (Å²) in [6, 6.07) is 8.15. The fourth-order valence-corrected chi connectivity index (χ4v) is 2.49. The van der Waals surface area contributed by atoms with E-state index in [0.717, 1.165) is 17.7 Å². The second-order valence-corrected chi connectivity index (χ2v) is 5.75. The van der Waals surface area contributed by atoms with Crippen molar-refractivity contribution in [2.75, 3.05) is 0 Å². The molecule has 0 N–H and O–H groups in total. The molecule has 0 saturated heterocycles. The number of hydrogen-bond donors (Lipinski definition) is 0. The minimum atomic E-state index is 0.206. The topological polar surface area (TPSA) is 35.0 Å². The van der Waals surface area contributed by atoms with E-state index in [0.29, 0.717) is 11.0 Å². The number of hydrogen-bond acceptors (Lipinski definition) is 3. The molecule has 1 heterocycles. The lowest BCUT2D eigenvalue weighted by molar-refractivity contribution is 0.451. The summed E-state index contributed by atoms with van der Waals surface area (Å²) in [5.41, 5.74) is 2.17. The van der Waals surface area contributed by atoms with E-state index in [-0.39, 0.29) is 5.92 Å². The monoisotopic (exact) mass is 304 g/mol. The summed E-state index contributed by atoms with van der Waals surface area (Å²) in [5.74, 6) is 1.51. The summed E-state index contributed by atoms with van der Waals surface area (Å²) >= 11 is 6.14. The summed E-state index contributed by atoms with van der Waals surface area (Å²) in [6.07, 6.45) is 4.95. The minimum Gasteiger partial charge on any atom is -0.439 e. The van der Waals surface area contributed by atoms with Gasteiger partial charge in [0, 0.05) is 0 Å². The average molecular weight is 305 g/mol. The lowest BCUT2D eigenvalue weighted by Gasteiger charge is -2.13. The molecule has 0 aliphatic rings. The Bertz CT molecular complexity index is 582. The summed E-state index contributed by atoms with van der Waals surface area (Å²) in [7, 11) is 0. The van der Waals surface area contributed by atoms with Gasteiger partial charge in [-0.3, -0.25) is 0 Å². The van der Waals surface area contributed by atoms with Crippen LogP contribution in [0.15, 0.2) is 30.6 Å². The van der Waals surface area contributed by atoms with E-state index >= 15 is 0 Å². The van der Waals surface area contributed by atoms with Gasteiger partial charge < -0.3 is 4.74 Å². The number of unbranched alkanes of at least 4 members (excludes halogenated alkanes) is 1. The lowest BCUT2D eigenvalue weighted by Crippen LogP contribution is -1.99. The van der Waals surface area contributed by atoms with Gasteiger partial charge >= 0.3 is 0 Å². The van der Waals surface area contributed by atoms with Gasteiger partial charge in [0.25, 0.3) is 0 Å². The van der Waals surface area contributed by atoms with Crippen LogP contribution in [0.2, 0.25) is 5.15 Å². The molecule has 0 radical (unpaired) electrons. The highest BCUT2D eigenvalue weighted by Gasteiger charge is 2.15. The minimum absolute atomic E-state index is 0.206. The van der Waals surface area contributed by atoms with Crippen molar-refractivity contribution in [3.05, 3.63) is 46.9 Å². The lowest BCUT2D eigenvalue weighted by atomic mass is 10.1. The zero-order valence-corrected chi connectivity index (χ0v) is 13.5. The normalized spacial score (nSPS) is 10.9. The van der Waals surface area contributed by atoms with Crippen LogP contribution in [0.1, 0.15) is 50.7 Å². The Labute approximate surface area is 131 Å². The summed E-state index contributed by atoms with van der Waals surface area (Å²) < 4.78 is 5.88. The van der Waals surface area contributed by atoms with Crippen LogP contribution in [0.3, 0.4) is 0 Å². The number of rotatable bonds is 6. The summed E-state index contributed by atoms with van der Waals surface area (Å²) in [5, 5.41) is 0.453. The molecule has 21 heavy (non-hydrogen) atoms. The summed E-state index contributed by atoms with van der Waals surface area (Å²) in [4.78, 5) is 8.24. The average Bonchev–Trinajstić information content (AvgIpc) is 2.46. The zero-order valence-electron chi connectivity index (χ0n) is 12.8. The number of aromatic nitrogens is 2. The number of aryl methyl sites for hydroxylation is 1. The Balaban J connectivity index is 2.17. The molecular weight excluding hydrogens is 284 g/mol. The molecule has 0 aliphatic carbocycles. The highest BCUT2D eigenvalue weighted by Crippen LogP contribution is 2.32. The van der Waals surface area contributed by atoms with Crippen molar-refractivity contribution in [3.8, 4) is 11.6 Å². The second kappa shape index (κ2) is 7.41. The van der Waals surface area contributed by atoms with Crippen molar-refractivity contribution in [1.29, 1.82) is 0 Å². The first-order valence-electron chi connectivity index (χ1n) is 7.39. The van der Waals surface area contributed by atoms with Crippen LogP contribution in [0.5, 0.6) is 11.6 Å². The molecule has 3 nitrogen and oxygen atoms in total. The number of benzene rings is 1. The molecule has 2 rings (SSSR count). The van der Waals surface area contributed by atoms with Gasteiger partial charge in [-0.25, -0.2) is 9.97 Å². The van der Waals surface area contributed by atoms with Crippen molar-refractivity contribution in [3.63, 3.8) is 0 Å². The summed E-state index contributed by atoms with van der Waals surface area (Å²) in [6.45, 7) is 6.29. The van der Waals surface area contributed by atoms with Gasteiger partial charge in [-0.2, -0.15) is 0 Å². The molecule has 0 amide bonds. The third kappa shape index (κ3) is 4.18. The molecule has 0 bridgehead atoms. The Morgan fingerprint density at radius 1 is 1.14 bits per heavy atom. The zero-order chi connectivity index (χ0) is 15.2. The molecule has 0 saturated carbocycles. The quantitative estimate of drug-likeness (QED) is 0.671. The Morgan fingerprint density at radius 2 is 1.86 bits per heavy atom. The largest absolute Gasteiger partial charge is 0.439 e. The highest BCUT2D eigenvalue weighted by atomic mass is 35.5. The molecule has 0 unspecified atom stereocenters. The van der Waals surface area contributed by atoms with Gasteiger partial charge in [0.15, 0.2) is 0 Å². The Morgan fingerprint density at radius 3 is 2.48 bits per heavy atom. The number of nitrogens with zero attached hydrogens (tertiary/aromatic N) is 2. The van der Waals surface area contributed by atoms with Crippen LogP contribution >= 0.6 is 11.6 Å². The maximum atomic E-state index is 6.14. The Kier molecular flexibility index (Phi) is 5.57. The van der Waals surface area contributed by atoms with E-state index < -0.39 is 0 Å². The van der Waals surface area contributed by atoms with Crippen LogP contribution < -0.4 is 4.74 Å². The molecule has 0 spiro atoms. The van der Waals surface area contributed by atoms with Gasteiger partial charge in [0.05, 0.1) is 5.56 Å². The smallest absolute Gasteiger partial charge is 0.227 e. The van der Waals surface area contributed by atoms with E-state index in [1.807, 2.05) is 26.0 Å². The third-order valence-electron chi connectivity index (χ3n) is 3.33. The van der Waals surface area contributed by atoms with E-state index in [1.54, 1.807) is 0 Å². The standard InChI is InChI=1S/C17H21ClN2O/c1-4-5-6-13-7-9-14(10-8-13)21-17-15(12(2)3)16(18)19-11-20-17/h7-12H,4-6H2,1-3H3. The SMILES string of the molecule is CCCCc1ccc(Oc2ncnc(Cl)c2C(C)C)cc1. The number of halogens is 1. The molecule has 4 heteroatoms. The van der Waals surface area contributed by atoms with Gasteiger partial charge in [0.2, 0.25) is 5.88 Å². The fourth-order valence-electron chi connectivity index (χ4n) is 2.14. The van der Waals surface area contributed by atoms with Crippen molar-refractivity contribution in [1.82, 2.24) is 9.97 Å². The first-order chi connectivity index (χ1) is 10.1. The Hall–Kier alpha value is -1.61. The molecule has 2 aromatic rings. The van der Waals surface area contributed by atoms with Gasteiger partial charge in [0.1, 0.15) is 17.2 Å². The first kappa shape index (κ1) is 15.8. The number of ether oxygens (including phenoxy) is 1. The van der Waals surface area contributed by atoms with E-state index in [4.69, 9.17) is 16.3 Å². The van der Waals surface area contributed by atoms with Crippen molar-refractivity contribution >= 4 is 11.6 Å². The van der Waals surface area contributed by atoms with Crippen molar-refractivity contribution < 1.29 is 4.74 Å². The maximum absolute atomic E-state index is 6.14. The van der Waals surface area contributed by atoms with Crippen LogP contribution in [0.4, 0.5) is 0 Å². The molecular formula is C17H21ClN2O. The van der Waals surface area contributed by atoms with Crippen LogP contribution in [0, 0.1) is 0 Å². The van der Waals surface area contributed by atoms with Crippen LogP contribution in [0.25, 0.3) is 0 Å².